The zero-order valence-corrected chi connectivity index (χ0v) is 18.9. The molecule has 0 saturated heterocycles. The van der Waals surface area contributed by atoms with Gasteiger partial charge >= 0.3 is 0 Å². The van der Waals surface area contributed by atoms with Gasteiger partial charge in [0.05, 0.1) is 29.8 Å². The maximum absolute atomic E-state index is 12.5. The fourth-order valence-corrected chi connectivity index (χ4v) is 4.88. The summed E-state index contributed by atoms with van der Waals surface area (Å²) in [5.41, 5.74) is 0.386. The quantitative estimate of drug-likeness (QED) is 0.583. The number of sulfonamides is 1. The normalized spacial score (nSPS) is 14.3. The van der Waals surface area contributed by atoms with Crippen LogP contribution >= 0.6 is 11.6 Å². The predicted octanol–water partition coefficient (Wildman–Crippen LogP) is 3.60. The zero-order valence-electron chi connectivity index (χ0n) is 17.3. The monoisotopic (exact) mass is 468 g/mol. The molecule has 0 aliphatic heterocycles. The van der Waals surface area contributed by atoms with E-state index in [9.17, 15) is 13.2 Å². The Morgan fingerprint density at radius 2 is 1.71 bits per heavy atom. The number of nitrogens with one attached hydrogen (secondary N) is 2. The summed E-state index contributed by atoms with van der Waals surface area (Å²) in [6.45, 7) is -0.277. The number of carbonyl (C=O) groups excluding carboxylic acids is 1. The van der Waals surface area contributed by atoms with Crippen LogP contribution in [0, 0.1) is 0 Å². The SMILES string of the molecule is COc1cc(NC(=O)COc2ccc(S(=O)(=O)NC3CCCC3)cc2)c(OC)cc1Cl. The van der Waals surface area contributed by atoms with Crippen molar-refractivity contribution in [1.82, 2.24) is 4.72 Å². The number of rotatable bonds is 9. The molecule has 0 heterocycles. The molecule has 0 bridgehead atoms. The van der Waals surface area contributed by atoms with Crippen molar-refractivity contribution in [2.24, 2.45) is 0 Å². The van der Waals surface area contributed by atoms with E-state index in [1.165, 1.54) is 44.6 Å². The standard InChI is InChI=1S/C21H25ClN2O6S/c1-28-19-12-18(20(29-2)11-17(19)22)23-21(25)13-30-15-7-9-16(10-8-15)31(26,27)24-14-5-3-4-6-14/h7-12,14,24H,3-6,13H2,1-2H3,(H,23,25). The van der Waals surface area contributed by atoms with Gasteiger partial charge < -0.3 is 19.5 Å². The summed E-state index contributed by atoms with van der Waals surface area (Å²) in [7, 11) is -0.644. The van der Waals surface area contributed by atoms with Crippen LogP contribution in [0.2, 0.25) is 5.02 Å². The molecule has 0 aromatic heterocycles. The minimum Gasteiger partial charge on any atom is -0.495 e. The summed E-state index contributed by atoms with van der Waals surface area (Å²) in [5.74, 6) is 0.711. The third-order valence-electron chi connectivity index (χ3n) is 4.93. The Hall–Kier alpha value is -2.49. The highest BCUT2D eigenvalue weighted by atomic mass is 35.5. The van der Waals surface area contributed by atoms with Crippen molar-refractivity contribution in [3.63, 3.8) is 0 Å². The molecule has 31 heavy (non-hydrogen) atoms. The lowest BCUT2D eigenvalue weighted by atomic mass is 10.2. The molecule has 10 heteroatoms. The number of benzene rings is 2. The third-order valence-corrected chi connectivity index (χ3v) is 6.76. The van der Waals surface area contributed by atoms with Gasteiger partial charge in [-0.15, -0.1) is 0 Å². The van der Waals surface area contributed by atoms with Crippen LogP contribution in [0.4, 0.5) is 5.69 Å². The maximum Gasteiger partial charge on any atom is 0.262 e. The topological polar surface area (TPSA) is 103 Å². The van der Waals surface area contributed by atoms with Gasteiger partial charge in [0.2, 0.25) is 10.0 Å². The van der Waals surface area contributed by atoms with Crippen molar-refractivity contribution >= 4 is 33.2 Å². The highest BCUT2D eigenvalue weighted by Gasteiger charge is 2.22. The molecule has 2 N–H and O–H groups in total. The van der Waals surface area contributed by atoms with Crippen LogP contribution < -0.4 is 24.2 Å². The molecule has 1 saturated carbocycles. The van der Waals surface area contributed by atoms with Crippen molar-refractivity contribution in [2.45, 2.75) is 36.6 Å². The summed E-state index contributed by atoms with van der Waals surface area (Å²) >= 11 is 6.06. The van der Waals surface area contributed by atoms with Crippen LogP contribution in [0.5, 0.6) is 17.2 Å². The van der Waals surface area contributed by atoms with Crippen LogP contribution in [0.25, 0.3) is 0 Å². The van der Waals surface area contributed by atoms with E-state index in [4.69, 9.17) is 25.8 Å². The molecule has 0 spiro atoms. The minimum absolute atomic E-state index is 0.00638. The first kappa shape index (κ1) is 23.2. The number of amides is 1. The number of hydrogen-bond acceptors (Lipinski definition) is 6. The Bertz CT molecular complexity index is 1020. The molecular formula is C21H25ClN2O6S. The van der Waals surface area contributed by atoms with Gasteiger partial charge in [0.1, 0.15) is 17.2 Å². The van der Waals surface area contributed by atoms with Crippen LogP contribution in [0.15, 0.2) is 41.3 Å². The molecule has 0 atom stereocenters. The molecule has 0 unspecified atom stereocenters. The lowest BCUT2D eigenvalue weighted by Gasteiger charge is -2.14. The smallest absolute Gasteiger partial charge is 0.262 e. The average Bonchev–Trinajstić information content (AvgIpc) is 3.25. The molecule has 1 amide bonds. The number of carbonyl (C=O) groups is 1. The Morgan fingerprint density at radius 3 is 2.32 bits per heavy atom. The summed E-state index contributed by atoms with van der Waals surface area (Å²) < 4.78 is 43.5. The first-order valence-corrected chi connectivity index (χ1v) is 11.6. The van der Waals surface area contributed by atoms with Crippen LogP contribution in [0.1, 0.15) is 25.7 Å². The first-order valence-electron chi connectivity index (χ1n) is 9.79. The molecule has 3 rings (SSSR count). The molecule has 2 aromatic carbocycles. The van der Waals surface area contributed by atoms with Crippen LogP contribution in [-0.2, 0) is 14.8 Å². The Labute approximate surface area is 186 Å². The maximum atomic E-state index is 12.5. The van der Waals surface area contributed by atoms with E-state index in [1.54, 1.807) is 6.07 Å². The van der Waals surface area contributed by atoms with Gasteiger partial charge in [-0.1, -0.05) is 24.4 Å². The fourth-order valence-electron chi connectivity index (χ4n) is 3.34. The molecule has 2 aromatic rings. The van der Waals surface area contributed by atoms with E-state index in [0.29, 0.717) is 28.0 Å². The zero-order chi connectivity index (χ0) is 22.4. The summed E-state index contributed by atoms with van der Waals surface area (Å²) in [6, 6.07) is 9.03. The number of halogens is 1. The van der Waals surface area contributed by atoms with Crippen molar-refractivity contribution in [1.29, 1.82) is 0 Å². The van der Waals surface area contributed by atoms with E-state index < -0.39 is 15.9 Å². The second-order valence-electron chi connectivity index (χ2n) is 7.10. The highest BCUT2D eigenvalue weighted by Crippen LogP contribution is 2.35. The van der Waals surface area contributed by atoms with E-state index in [0.717, 1.165) is 25.7 Å². The van der Waals surface area contributed by atoms with Crippen molar-refractivity contribution in [3.8, 4) is 17.2 Å². The molecule has 8 nitrogen and oxygen atoms in total. The second-order valence-corrected chi connectivity index (χ2v) is 9.22. The van der Waals surface area contributed by atoms with Gasteiger partial charge in [0, 0.05) is 18.2 Å². The van der Waals surface area contributed by atoms with Gasteiger partial charge in [0.15, 0.2) is 6.61 Å². The third kappa shape index (κ3) is 6.03. The van der Waals surface area contributed by atoms with Gasteiger partial charge in [0.25, 0.3) is 5.91 Å². The van der Waals surface area contributed by atoms with Crippen molar-refractivity contribution in [3.05, 3.63) is 41.4 Å². The molecular weight excluding hydrogens is 444 g/mol. The van der Waals surface area contributed by atoms with Gasteiger partial charge in [-0.2, -0.15) is 0 Å². The van der Waals surface area contributed by atoms with E-state index >= 15 is 0 Å². The Balaban J connectivity index is 1.58. The fraction of sp³-hybridized carbons (Fsp3) is 0.381. The van der Waals surface area contributed by atoms with Gasteiger partial charge in [-0.05, 0) is 37.1 Å². The molecule has 1 aliphatic carbocycles. The molecule has 1 fully saturated rings. The van der Waals surface area contributed by atoms with Crippen LogP contribution in [-0.4, -0.2) is 41.2 Å². The van der Waals surface area contributed by atoms with Crippen LogP contribution in [0.3, 0.4) is 0 Å². The lowest BCUT2D eigenvalue weighted by Crippen LogP contribution is -2.32. The highest BCUT2D eigenvalue weighted by molar-refractivity contribution is 7.89. The lowest BCUT2D eigenvalue weighted by molar-refractivity contribution is -0.118. The number of methoxy groups -OCH3 is 2. The average molecular weight is 469 g/mol. The largest absolute Gasteiger partial charge is 0.495 e. The van der Waals surface area contributed by atoms with Gasteiger partial charge in [-0.25, -0.2) is 13.1 Å². The number of hydrogen-bond donors (Lipinski definition) is 2. The Kier molecular flexibility index (Phi) is 7.64. The summed E-state index contributed by atoms with van der Waals surface area (Å²) in [5, 5.41) is 3.03. The van der Waals surface area contributed by atoms with E-state index in [2.05, 4.69) is 10.0 Å². The summed E-state index contributed by atoms with van der Waals surface area (Å²) in [6.07, 6.45) is 3.80. The second kappa shape index (κ2) is 10.2. The number of anilines is 1. The first-order chi connectivity index (χ1) is 14.8. The van der Waals surface area contributed by atoms with Crippen molar-refractivity contribution < 1.29 is 27.4 Å². The minimum atomic E-state index is -3.57. The predicted molar refractivity (Wildman–Crippen MR) is 118 cm³/mol. The van der Waals surface area contributed by atoms with E-state index in [1.807, 2.05) is 0 Å². The molecule has 1 aliphatic rings. The van der Waals surface area contributed by atoms with Crippen molar-refractivity contribution in [2.75, 3.05) is 26.1 Å². The molecule has 168 valence electrons. The molecule has 0 radical (unpaired) electrons. The summed E-state index contributed by atoms with van der Waals surface area (Å²) in [4.78, 5) is 12.4. The van der Waals surface area contributed by atoms with E-state index in [-0.39, 0.29) is 17.5 Å². The van der Waals surface area contributed by atoms with Gasteiger partial charge in [-0.3, -0.25) is 4.79 Å². The Morgan fingerprint density at radius 1 is 1.06 bits per heavy atom. The number of ether oxygens (including phenoxy) is 3.